The first kappa shape index (κ1) is 16.9. The number of nitrogens with zero attached hydrogens (tertiary/aromatic N) is 3. The maximum atomic E-state index is 12.6. The molecule has 0 aliphatic rings. The van der Waals surface area contributed by atoms with Crippen molar-refractivity contribution in [2.75, 3.05) is 6.61 Å². The maximum absolute atomic E-state index is 12.6. The van der Waals surface area contributed by atoms with Crippen LogP contribution >= 0.6 is 0 Å². The molecule has 2 aromatic rings. The van der Waals surface area contributed by atoms with Crippen LogP contribution in [0.2, 0.25) is 0 Å². The van der Waals surface area contributed by atoms with E-state index in [1.54, 1.807) is 11.0 Å². The zero-order chi connectivity index (χ0) is 16.9. The van der Waals surface area contributed by atoms with Crippen molar-refractivity contribution in [3.8, 4) is 5.75 Å². The fraction of sp³-hybridized carbons (Fsp3) is 0.389. The Labute approximate surface area is 137 Å². The van der Waals surface area contributed by atoms with E-state index >= 15 is 0 Å². The van der Waals surface area contributed by atoms with Gasteiger partial charge in [-0.1, -0.05) is 39.0 Å². The molecular formula is C18H23N3O2. The molecule has 2 rings (SSSR count). The Morgan fingerprint density at radius 1 is 1.39 bits per heavy atom. The van der Waals surface area contributed by atoms with E-state index in [-0.39, 0.29) is 5.78 Å². The van der Waals surface area contributed by atoms with Crippen LogP contribution in [0.15, 0.2) is 49.1 Å². The normalized spacial score (nSPS) is 13.2. The first-order valence-corrected chi connectivity index (χ1v) is 7.62. The van der Waals surface area contributed by atoms with Crippen molar-refractivity contribution in [2.45, 2.75) is 33.7 Å². The van der Waals surface area contributed by atoms with Crippen LogP contribution in [-0.2, 0) is 4.79 Å². The van der Waals surface area contributed by atoms with Gasteiger partial charge in [0.05, 0.1) is 0 Å². The van der Waals surface area contributed by atoms with Gasteiger partial charge in [-0.25, -0.2) is 9.67 Å². The molecule has 0 aliphatic heterocycles. The van der Waals surface area contributed by atoms with Gasteiger partial charge in [-0.2, -0.15) is 5.10 Å². The van der Waals surface area contributed by atoms with E-state index in [1.807, 2.05) is 64.1 Å². The predicted molar refractivity (Wildman–Crippen MR) is 89.3 cm³/mol. The number of Topliss-reactive ketones (excluding diaryl/α,β-unsaturated/α-hetero) is 1. The number of rotatable bonds is 6. The molecule has 0 saturated carbocycles. The smallest absolute Gasteiger partial charge is 0.166 e. The first-order valence-electron chi connectivity index (χ1n) is 7.62. The Kier molecular flexibility index (Phi) is 5.32. The van der Waals surface area contributed by atoms with Gasteiger partial charge in [0.25, 0.3) is 0 Å². The highest BCUT2D eigenvalue weighted by atomic mass is 16.5. The Bertz CT molecular complexity index is 670. The SMILES string of the molecule is Cc1cccc(OC/C=C\C(C(=O)C(C)(C)C)n2cncn2)c1. The van der Waals surface area contributed by atoms with Gasteiger partial charge in [0.2, 0.25) is 0 Å². The topological polar surface area (TPSA) is 57.0 Å². The van der Waals surface area contributed by atoms with E-state index in [2.05, 4.69) is 10.1 Å². The molecule has 5 heteroatoms. The molecule has 0 aliphatic carbocycles. The number of carbonyl (C=O) groups excluding carboxylic acids is 1. The van der Waals surface area contributed by atoms with Gasteiger partial charge in [0.15, 0.2) is 5.78 Å². The van der Waals surface area contributed by atoms with Gasteiger partial charge in [-0.05, 0) is 30.7 Å². The second-order valence-electron chi connectivity index (χ2n) is 6.49. The van der Waals surface area contributed by atoms with Gasteiger partial charge in [-0.3, -0.25) is 4.79 Å². The number of ether oxygens (including phenoxy) is 1. The Morgan fingerprint density at radius 2 is 2.17 bits per heavy atom. The molecule has 0 bridgehead atoms. The molecule has 5 nitrogen and oxygen atoms in total. The fourth-order valence-electron chi connectivity index (χ4n) is 2.13. The minimum atomic E-state index is -0.474. The van der Waals surface area contributed by atoms with Crippen molar-refractivity contribution >= 4 is 5.78 Å². The van der Waals surface area contributed by atoms with Crippen LogP contribution in [0.1, 0.15) is 32.4 Å². The summed E-state index contributed by atoms with van der Waals surface area (Å²) < 4.78 is 7.24. The lowest BCUT2D eigenvalue weighted by Crippen LogP contribution is -2.29. The highest BCUT2D eigenvalue weighted by molar-refractivity contribution is 5.88. The summed E-state index contributed by atoms with van der Waals surface area (Å²) in [4.78, 5) is 16.5. The molecule has 1 unspecified atom stereocenters. The van der Waals surface area contributed by atoms with Crippen LogP contribution in [0.4, 0.5) is 0 Å². The van der Waals surface area contributed by atoms with Crippen molar-refractivity contribution in [1.29, 1.82) is 0 Å². The summed E-state index contributed by atoms with van der Waals surface area (Å²) in [6, 6.07) is 7.39. The van der Waals surface area contributed by atoms with E-state index < -0.39 is 11.5 Å². The Balaban J connectivity index is 2.04. The minimum Gasteiger partial charge on any atom is -0.490 e. The third-order valence-corrected chi connectivity index (χ3v) is 3.38. The van der Waals surface area contributed by atoms with Gasteiger partial charge in [0, 0.05) is 5.41 Å². The van der Waals surface area contributed by atoms with E-state index in [9.17, 15) is 4.79 Å². The summed E-state index contributed by atoms with van der Waals surface area (Å²) in [5, 5.41) is 4.09. The lowest BCUT2D eigenvalue weighted by molar-refractivity contribution is -0.128. The Morgan fingerprint density at radius 3 is 2.78 bits per heavy atom. The van der Waals surface area contributed by atoms with Crippen molar-refractivity contribution in [3.05, 3.63) is 54.6 Å². The number of ketones is 1. The van der Waals surface area contributed by atoms with Gasteiger partial charge < -0.3 is 4.74 Å². The number of hydrogen-bond acceptors (Lipinski definition) is 4. The average molecular weight is 313 g/mol. The number of aromatic nitrogens is 3. The molecule has 1 aromatic carbocycles. The number of carbonyl (C=O) groups is 1. The molecule has 0 N–H and O–H groups in total. The summed E-state index contributed by atoms with van der Waals surface area (Å²) in [5.41, 5.74) is 0.688. The van der Waals surface area contributed by atoms with Crippen molar-refractivity contribution < 1.29 is 9.53 Å². The molecule has 0 saturated heterocycles. The molecule has 0 spiro atoms. The predicted octanol–water partition coefficient (Wildman–Crippen LogP) is 3.38. The number of hydrogen-bond donors (Lipinski definition) is 0. The molecule has 0 radical (unpaired) electrons. The van der Waals surface area contributed by atoms with Crippen LogP contribution in [0.3, 0.4) is 0 Å². The molecule has 1 heterocycles. The average Bonchev–Trinajstić information content (AvgIpc) is 3.00. The standard InChI is InChI=1S/C18H23N3O2/c1-14-7-5-8-15(11-14)23-10-6-9-16(17(22)18(2,3)4)21-13-19-12-20-21/h5-9,11-13,16H,10H2,1-4H3/b9-6-. The van der Waals surface area contributed by atoms with E-state index in [1.165, 1.54) is 6.33 Å². The summed E-state index contributed by atoms with van der Waals surface area (Å²) in [7, 11) is 0. The van der Waals surface area contributed by atoms with Gasteiger partial charge in [-0.15, -0.1) is 0 Å². The first-order chi connectivity index (χ1) is 10.9. The minimum absolute atomic E-state index is 0.0785. The molecule has 122 valence electrons. The lowest BCUT2D eigenvalue weighted by atomic mass is 9.86. The Hall–Kier alpha value is -2.43. The third kappa shape index (κ3) is 4.77. The van der Waals surface area contributed by atoms with Crippen LogP contribution in [-0.4, -0.2) is 27.2 Å². The zero-order valence-electron chi connectivity index (χ0n) is 14.1. The number of allylic oxidation sites excluding steroid dienone is 1. The highest BCUT2D eigenvalue weighted by Crippen LogP contribution is 2.24. The van der Waals surface area contributed by atoms with Gasteiger partial charge in [0.1, 0.15) is 31.1 Å². The van der Waals surface area contributed by atoms with Crippen molar-refractivity contribution in [3.63, 3.8) is 0 Å². The quantitative estimate of drug-likeness (QED) is 0.767. The summed E-state index contributed by atoms with van der Waals surface area (Å²) in [6.07, 6.45) is 6.65. The van der Waals surface area contributed by atoms with Crippen LogP contribution in [0, 0.1) is 12.3 Å². The molecule has 1 atom stereocenters. The van der Waals surface area contributed by atoms with Crippen LogP contribution in [0.25, 0.3) is 0 Å². The summed E-state index contributed by atoms with van der Waals surface area (Å²) in [5.74, 6) is 0.893. The molecule has 0 amide bonds. The van der Waals surface area contributed by atoms with E-state index in [0.29, 0.717) is 6.61 Å². The van der Waals surface area contributed by atoms with Crippen molar-refractivity contribution in [1.82, 2.24) is 14.8 Å². The molecule has 0 fully saturated rings. The number of benzene rings is 1. The highest BCUT2D eigenvalue weighted by Gasteiger charge is 2.29. The monoisotopic (exact) mass is 313 g/mol. The lowest BCUT2D eigenvalue weighted by Gasteiger charge is -2.22. The van der Waals surface area contributed by atoms with Crippen molar-refractivity contribution in [2.24, 2.45) is 5.41 Å². The second-order valence-corrected chi connectivity index (χ2v) is 6.49. The number of aryl methyl sites for hydroxylation is 1. The van der Waals surface area contributed by atoms with Crippen LogP contribution < -0.4 is 4.74 Å². The fourth-order valence-corrected chi connectivity index (χ4v) is 2.13. The zero-order valence-corrected chi connectivity index (χ0v) is 14.1. The van der Waals surface area contributed by atoms with Crippen LogP contribution in [0.5, 0.6) is 5.75 Å². The summed E-state index contributed by atoms with van der Waals surface area (Å²) in [6.45, 7) is 8.11. The largest absolute Gasteiger partial charge is 0.490 e. The molecular weight excluding hydrogens is 290 g/mol. The maximum Gasteiger partial charge on any atom is 0.166 e. The third-order valence-electron chi connectivity index (χ3n) is 3.38. The second kappa shape index (κ2) is 7.22. The summed E-state index contributed by atoms with van der Waals surface area (Å²) >= 11 is 0. The van der Waals surface area contributed by atoms with E-state index in [0.717, 1.165) is 11.3 Å². The molecule has 23 heavy (non-hydrogen) atoms. The van der Waals surface area contributed by atoms with E-state index in [4.69, 9.17) is 4.74 Å². The molecule has 1 aromatic heterocycles. The van der Waals surface area contributed by atoms with Gasteiger partial charge >= 0.3 is 0 Å².